The van der Waals surface area contributed by atoms with E-state index in [4.69, 9.17) is 40.4 Å². The Labute approximate surface area is 206 Å². The number of piperidine rings is 1. The summed E-state index contributed by atoms with van der Waals surface area (Å²) in [6.07, 6.45) is 5.89. The molecule has 2 heterocycles. The van der Waals surface area contributed by atoms with Gasteiger partial charge in [0.2, 0.25) is 5.95 Å². The predicted molar refractivity (Wildman–Crippen MR) is 138 cm³/mol. The zero-order chi connectivity index (χ0) is 22.7. The molecule has 1 aromatic carbocycles. The molecular weight excluding hydrogens is 461 g/mol. The number of benzene rings is 1. The van der Waals surface area contributed by atoms with E-state index in [1.54, 1.807) is 0 Å². The second-order valence-corrected chi connectivity index (χ2v) is 10.8. The first kappa shape index (κ1) is 23.5. The molecule has 32 heavy (non-hydrogen) atoms. The van der Waals surface area contributed by atoms with Crippen LogP contribution >= 0.6 is 35.4 Å². The summed E-state index contributed by atoms with van der Waals surface area (Å²) in [7, 11) is 0. The summed E-state index contributed by atoms with van der Waals surface area (Å²) >= 11 is 18.2. The fourth-order valence-electron chi connectivity index (χ4n) is 5.31. The molecule has 1 aliphatic carbocycles. The number of anilines is 2. The molecule has 8 heteroatoms. The fourth-order valence-corrected chi connectivity index (χ4v) is 5.84. The highest BCUT2D eigenvalue weighted by Crippen LogP contribution is 2.41. The first-order chi connectivity index (χ1) is 15.3. The Bertz CT molecular complexity index is 953. The van der Waals surface area contributed by atoms with Crippen molar-refractivity contribution in [2.75, 3.05) is 29.9 Å². The van der Waals surface area contributed by atoms with Gasteiger partial charge in [-0.3, -0.25) is 0 Å². The van der Waals surface area contributed by atoms with Crippen LogP contribution in [-0.2, 0) is 5.41 Å². The third kappa shape index (κ3) is 5.64. The SMILES string of the molecule is C[C@H]1C[C@H](C)CN(c2cc(Cl)nc(NC(=S)NCC3(c4cccc(Cl)c4)CCCC3)n2)C1. The molecule has 2 fully saturated rings. The molecule has 172 valence electrons. The van der Waals surface area contributed by atoms with Gasteiger partial charge in [0.1, 0.15) is 11.0 Å². The van der Waals surface area contributed by atoms with Crippen LogP contribution in [0.1, 0.15) is 51.5 Å². The molecule has 1 aliphatic heterocycles. The second kappa shape index (κ2) is 10.1. The minimum absolute atomic E-state index is 0.0388. The highest BCUT2D eigenvalue weighted by Gasteiger charge is 2.35. The molecule has 1 saturated carbocycles. The van der Waals surface area contributed by atoms with Gasteiger partial charge in [0.15, 0.2) is 5.11 Å². The zero-order valence-corrected chi connectivity index (χ0v) is 21.0. The average Bonchev–Trinajstić information content (AvgIpc) is 3.21. The number of nitrogens with zero attached hydrogens (tertiary/aromatic N) is 3. The Morgan fingerprint density at radius 3 is 2.53 bits per heavy atom. The van der Waals surface area contributed by atoms with E-state index in [9.17, 15) is 0 Å². The van der Waals surface area contributed by atoms with Crippen LogP contribution in [-0.4, -0.2) is 34.7 Å². The van der Waals surface area contributed by atoms with E-state index in [0.717, 1.165) is 43.3 Å². The normalized spacial score (nSPS) is 22.6. The van der Waals surface area contributed by atoms with E-state index >= 15 is 0 Å². The quantitative estimate of drug-likeness (QED) is 0.391. The maximum atomic E-state index is 6.33. The van der Waals surface area contributed by atoms with Gasteiger partial charge in [0, 0.05) is 36.1 Å². The third-order valence-corrected chi connectivity index (χ3v) is 7.36. The molecule has 4 rings (SSSR count). The van der Waals surface area contributed by atoms with Crippen molar-refractivity contribution < 1.29 is 0 Å². The van der Waals surface area contributed by atoms with Gasteiger partial charge in [0.25, 0.3) is 0 Å². The molecule has 2 aromatic rings. The molecule has 2 N–H and O–H groups in total. The van der Waals surface area contributed by atoms with Crippen molar-refractivity contribution in [1.82, 2.24) is 15.3 Å². The van der Waals surface area contributed by atoms with E-state index in [2.05, 4.69) is 46.5 Å². The third-order valence-electron chi connectivity index (χ3n) is 6.68. The monoisotopic (exact) mass is 491 g/mol. The zero-order valence-electron chi connectivity index (χ0n) is 18.7. The Morgan fingerprint density at radius 2 is 1.84 bits per heavy atom. The van der Waals surface area contributed by atoms with E-state index in [1.807, 2.05) is 18.2 Å². The van der Waals surface area contributed by atoms with E-state index in [-0.39, 0.29) is 5.41 Å². The highest BCUT2D eigenvalue weighted by atomic mass is 35.5. The largest absolute Gasteiger partial charge is 0.361 e. The maximum Gasteiger partial charge on any atom is 0.232 e. The Hall–Kier alpha value is -1.63. The summed E-state index contributed by atoms with van der Waals surface area (Å²) < 4.78 is 0. The van der Waals surface area contributed by atoms with Crippen molar-refractivity contribution in [3.05, 3.63) is 46.1 Å². The number of rotatable bonds is 5. The predicted octanol–water partition coefficient (Wildman–Crippen LogP) is 6.06. The van der Waals surface area contributed by atoms with Crippen molar-refractivity contribution in [1.29, 1.82) is 0 Å². The summed E-state index contributed by atoms with van der Waals surface area (Å²) in [4.78, 5) is 11.3. The lowest BCUT2D eigenvalue weighted by Crippen LogP contribution is -2.41. The molecule has 0 amide bonds. The topological polar surface area (TPSA) is 53.1 Å². The minimum Gasteiger partial charge on any atom is -0.361 e. The molecule has 0 radical (unpaired) electrons. The van der Waals surface area contributed by atoms with Crippen molar-refractivity contribution in [3.63, 3.8) is 0 Å². The van der Waals surface area contributed by atoms with E-state index in [0.29, 0.717) is 28.0 Å². The molecule has 1 saturated heterocycles. The molecule has 0 unspecified atom stereocenters. The molecule has 2 atom stereocenters. The number of nitrogens with one attached hydrogen (secondary N) is 2. The van der Waals surface area contributed by atoms with E-state index < -0.39 is 0 Å². The van der Waals surface area contributed by atoms with Crippen LogP contribution < -0.4 is 15.5 Å². The van der Waals surface area contributed by atoms with Gasteiger partial charge in [0.05, 0.1) is 0 Å². The molecule has 0 bridgehead atoms. The fraction of sp³-hybridized carbons (Fsp3) is 0.542. The standard InChI is InChI=1S/C24H31Cl2N5S/c1-16-10-17(2)14-31(13-16)21-12-20(26)28-22(29-21)30-23(32)27-15-24(8-3-4-9-24)18-6-5-7-19(25)11-18/h5-7,11-12,16-17H,3-4,8-10,13-15H2,1-2H3,(H2,27,28,29,30,32)/t16-,17-/m0/s1. The first-order valence-electron chi connectivity index (χ1n) is 11.4. The molecule has 1 aromatic heterocycles. The first-order valence-corrected chi connectivity index (χ1v) is 12.6. The number of halogens is 2. The lowest BCUT2D eigenvalue weighted by Gasteiger charge is -2.35. The number of hydrogen-bond donors (Lipinski definition) is 2. The molecule has 5 nitrogen and oxygen atoms in total. The van der Waals surface area contributed by atoms with Crippen molar-refractivity contribution in [2.24, 2.45) is 11.8 Å². The van der Waals surface area contributed by atoms with Gasteiger partial charge < -0.3 is 15.5 Å². The van der Waals surface area contributed by atoms with Crippen LogP contribution in [0.5, 0.6) is 0 Å². The van der Waals surface area contributed by atoms with Gasteiger partial charge in [-0.1, -0.05) is 62.0 Å². The van der Waals surface area contributed by atoms with Crippen molar-refractivity contribution >= 4 is 52.3 Å². The Kier molecular flexibility index (Phi) is 7.43. The van der Waals surface area contributed by atoms with Crippen LogP contribution in [0.3, 0.4) is 0 Å². The Balaban J connectivity index is 1.43. The average molecular weight is 493 g/mol. The molecule has 0 spiro atoms. The van der Waals surface area contributed by atoms with E-state index in [1.165, 1.54) is 24.8 Å². The van der Waals surface area contributed by atoms with Crippen LogP contribution in [0.25, 0.3) is 0 Å². The minimum atomic E-state index is 0.0388. The maximum absolute atomic E-state index is 6.33. The lowest BCUT2D eigenvalue weighted by atomic mass is 9.79. The van der Waals surface area contributed by atoms with Gasteiger partial charge in [-0.2, -0.15) is 4.98 Å². The van der Waals surface area contributed by atoms with Crippen LogP contribution in [0.2, 0.25) is 10.2 Å². The van der Waals surface area contributed by atoms with Crippen molar-refractivity contribution in [2.45, 2.75) is 51.4 Å². The van der Waals surface area contributed by atoms with Crippen LogP contribution in [0.15, 0.2) is 30.3 Å². The molecular formula is C24H31Cl2N5S. The summed E-state index contributed by atoms with van der Waals surface area (Å²) in [6.45, 7) is 7.25. The summed E-state index contributed by atoms with van der Waals surface area (Å²) in [5.41, 5.74) is 1.31. The van der Waals surface area contributed by atoms with Gasteiger partial charge in [-0.05, 0) is 61.0 Å². The number of hydrogen-bond acceptors (Lipinski definition) is 4. The van der Waals surface area contributed by atoms with Crippen LogP contribution in [0.4, 0.5) is 11.8 Å². The summed E-state index contributed by atoms with van der Waals surface area (Å²) in [6, 6.07) is 10.0. The summed E-state index contributed by atoms with van der Waals surface area (Å²) in [5.74, 6) is 2.53. The van der Waals surface area contributed by atoms with Gasteiger partial charge in [-0.25, -0.2) is 4.98 Å². The van der Waals surface area contributed by atoms with Gasteiger partial charge >= 0.3 is 0 Å². The summed E-state index contributed by atoms with van der Waals surface area (Å²) in [5, 5.41) is 8.25. The molecule has 2 aliphatic rings. The lowest BCUT2D eigenvalue weighted by molar-refractivity contribution is 0.355. The van der Waals surface area contributed by atoms with Gasteiger partial charge in [-0.15, -0.1) is 0 Å². The highest BCUT2D eigenvalue weighted by molar-refractivity contribution is 7.80. The number of thiocarbonyl (C=S) groups is 1. The second-order valence-electron chi connectivity index (χ2n) is 9.53. The Morgan fingerprint density at radius 1 is 1.12 bits per heavy atom. The smallest absolute Gasteiger partial charge is 0.232 e. The number of aromatic nitrogens is 2. The van der Waals surface area contributed by atoms with Crippen molar-refractivity contribution in [3.8, 4) is 0 Å². The van der Waals surface area contributed by atoms with Crippen LogP contribution in [0, 0.1) is 11.8 Å².